The Bertz CT molecular complexity index is 406. The van der Waals surface area contributed by atoms with Crippen LogP contribution < -0.4 is 5.32 Å². The van der Waals surface area contributed by atoms with E-state index in [4.69, 9.17) is 0 Å². The van der Waals surface area contributed by atoms with Crippen molar-refractivity contribution in [3.63, 3.8) is 0 Å². The second-order valence-corrected chi connectivity index (χ2v) is 7.77. The molecule has 0 aliphatic carbocycles. The molecule has 6 nitrogen and oxygen atoms in total. The number of hydrogen-bond donors (Lipinski definition) is 1. The first kappa shape index (κ1) is 16.4. The predicted molar refractivity (Wildman–Crippen MR) is 74.8 cm³/mol. The Morgan fingerprint density at radius 3 is 2.58 bits per heavy atom. The van der Waals surface area contributed by atoms with Crippen LogP contribution in [0.1, 0.15) is 26.7 Å². The van der Waals surface area contributed by atoms with Crippen molar-refractivity contribution >= 4 is 16.1 Å². The smallest absolute Gasteiger partial charge is 0.281 e. The quantitative estimate of drug-likeness (QED) is 0.791. The van der Waals surface area contributed by atoms with Crippen molar-refractivity contribution in [3.05, 3.63) is 0 Å². The molecule has 0 saturated carbocycles. The molecule has 1 N–H and O–H groups in total. The summed E-state index contributed by atoms with van der Waals surface area (Å²) in [5, 5.41) is 2.88. The van der Waals surface area contributed by atoms with E-state index in [1.165, 1.54) is 22.7 Å². The normalized spacial score (nSPS) is 21.9. The molecule has 0 spiro atoms. The lowest BCUT2D eigenvalue weighted by Crippen LogP contribution is -2.49. The topological polar surface area (TPSA) is 69.7 Å². The lowest BCUT2D eigenvalue weighted by Gasteiger charge is -2.32. The molecule has 1 fully saturated rings. The fourth-order valence-corrected chi connectivity index (χ4v) is 3.24. The number of nitrogens with zero attached hydrogens (tertiary/aromatic N) is 2. The van der Waals surface area contributed by atoms with Gasteiger partial charge in [0.15, 0.2) is 0 Å². The van der Waals surface area contributed by atoms with Crippen LogP contribution in [-0.2, 0) is 15.0 Å². The van der Waals surface area contributed by atoms with Gasteiger partial charge in [-0.25, -0.2) is 0 Å². The van der Waals surface area contributed by atoms with Crippen LogP contribution in [0.5, 0.6) is 0 Å². The maximum atomic E-state index is 12.0. The van der Waals surface area contributed by atoms with Crippen molar-refractivity contribution in [2.75, 3.05) is 33.7 Å². The lowest BCUT2D eigenvalue weighted by atomic mass is 9.98. The molecule has 0 unspecified atom stereocenters. The van der Waals surface area contributed by atoms with Crippen LogP contribution in [0.15, 0.2) is 0 Å². The third-order valence-electron chi connectivity index (χ3n) is 3.23. The van der Waals surface area contributed by atoms with Crippen molar-refractivity contribution in [2.45, 2.75) is 26.7 Å². The minimum atomic E-state index is -3.41. The third kappa shape index (κ3) is 4.43. The zero-order valence-electron chi connectivity index (χ0n) is 12.2. The molecule has 0 aromatic carbocycles. The van der Waals surface area contributed by atoms with E-state index in [9.17, 15) is 13.2 Å². The molecule has 0 radical (unpaired) electrons. The minimum absolute atomic E-state index is 0.0349. The molecule has 0 aromatic rings. The summed E-state index contributed by atoms with van der Waals surface area (Å²) in [7, 11) is -0.388. The summed E-state index contributed by atoms with van der Waals surface area (Å²) in [6, 6.07) is 0. The van der Waals surface area contributed by atoms with E-state index in [0.29, 0.717) is 19.0 Å². The highest BCUT2D eigenvalue weighted by Crippen LogP contribution is 2.20. The van der Waals surface area contributed by atoms with E-state index >= 15 is 0 Å². The number of carbonyl (C=O) groups is 1. The van der Waals surface area contributed by atoms with Gasteiger partial charge in [0.25, 0.3) is 10.2 Å². The molecular weight excluding hydrogens is 266 g/mol. The van der Waals surface area contributed by atoms with E-state index < -0.39 is 10.2 Å². The number of rotatable bonds is 5. The fourth-order valence-electron chi connectivity index (χ4n) is 2.05. The first-order valence-electron chi connectivity index (χ1n) is 6.70. The van der Waals surface area contributed by atoms with Gasteiger partial charge in [0.2, 0.25) is 5.91 Å². The van der Waals surface area contributed by atoms with Gasteiger partial charge in [-0.05, 0) is 18.8 Å². The maximum absolute atomic E-state index is 12.0. The Morgan fingerprint density at radius 1 is 1.42 bits per heavy atom. The molecule has 1 atom stereocenters. The van der Waals surface area contributed by atoms with Crippen molar-refractivity contribution < 1.29 is 13.2 Å². The Kier molecular flexibility index (Phi) is 5.76. The highest BCUT2D eigenvalue weighted by molar-refractivity contribution is 7.86. The van der Waals surface area contributed by atoms with Crippen LogP contribution in [0, 0.1) is 11.8 Å². The highest BCUT2D eigenvalue weighted by atomic mass is 32.2. The Morgan fingerprint density at radius 2 is 2.05 bits per heavy atom. The SMILES string of the molecule is CC(C)CNC(=O)[C@@H]1CCCN(S(=O)(=O)N(C)C)C1. The number of piperidine rings is 1. The maximum Gasteiger partial charge on any atom is 0.281 e. The molecular formula is C12H25N3O3S. The summed E-state index contributed by atoms with van der Waals surface area (Å²) in [6.45, 7) is 5.47. The van der Waals surface area contributed by atoms with Gasteiger partial charge >= 0.3 is 0 Å². The third-order valence-corrected chi connectivity index (χ3v) is 5.13. The summed E-state index contributed by atoms with van der Waals surface area (Å²) in [6.07, 6.45) is 1.48. The van der Waals surface area contributed by atoms with Crippen LogP contribution in [0.25, 0.3) is 0 Å². The molecule has 1 aliphatic rings. The number of nitrogens with one attached hydrogen (secondary N) is 1. The number of amides is 1. The molecule has 7 heteroatoms. The van der Waals surface area contributed by atoms with Gasteiger partial charge in [-0.15, -0.1) is 0 Å². The fraction of sp³-hybridized carbons (Fsp3) is 0.917. The second kappa shape index (κ2) is 6.67. The van der Waals surface area contributed by atoms with Gasteiger partial charge in [0.05, 0.1) is 5.92 Å². The molecule has 1 aliphatic heterocycles. The molecule has 0 aromatic heterocycles. The molecule has 1 heterocycles. The first-order valence-corrected chi connectivity index (χ1v) is 8.10. The van der Waals surface area contributed by atoms with Crippen molar-refractivity contribution in [1.82, 2.24) is 13.9 Å². The van der Waals surface area contributed by atoms with Crippen LogP contribution >= 0.6 is 0 Å². The summed E-state index contributed by atoms with van der Waals surface area (Å²) >= 11 is 0. The van der Waals surface area contributed by atoms with Crippen LogP contribution in [-0.4, -0.2) is 56.7 Å². The predicted octanol–water partition coefficient (Wildman–Crippen LogP) is 0.277. The van der Waals surface area contributed by atoms with E-state index in [0.717, 1.165) is 12.8 Å². The average molecular weight is 291 g/mol. The summed E-state index contributed by atoms with van der Waals surface area (Å²) < 4.78 is 26.7. The van der Waals surface area contributed by atoms with Crippen molar-refractivity contribution in [3.8, 4) is 0 Å². The van der Waals surface area contributed by atoms with Crippen LogP contribution in [0.3, 0.4) is 0 Å². The summed E-state index contributed by atoms with van der Waals surface area (Å²) in [4.78, 5) is 12.0. The zero-order valence-corrected chi connectivity index (χ0v) is 13.0. The van der Waals surface area contributed by atoms with Gasteiger partial charge in [-0.1, -0.05) is 13.8 Å². The highest BCUT2D eigenvalue weighted by Gasteiger charge is 2.33. The van der Waals surface area contributed by atoms with Crippen molar-refractivity contribution in [1.29, 1.82) is 0 Å². The average Bonchev–Trinajstić information content (AvgIpc) is 2.35. The molecule has 19 heavy (non-hydrogen) atoms. The Hall–Kier alpha value is -0.660. The van der Waals surface area contributed by atoms with E-state index in [1.54, 1.807) is 0 Å². The van der Waals surface area contributed by atoms with Gasteiger partial charge in [-0.2, -0.15) is 17.0 Å². The summed E-state index contributed by atoms with van der Waals surface area (Å²) in [5.41, 5.74) is 0. The van der Waals surface area contributed by atoms with Gasteiger partial charge < -0.3 is 5.32 Å². The van der Waals surface area contributed by atoms with Crippen LogP contribution in [0.4, 0.5) is 0 Å². The molecule has 1 rings (SSSR count). The monoisotopic (exact) mass is 291 g/mol. The first-order chi connectivity index (χ1) is 8.75. The van der Waals surface area contributed by atoms with Gasteiger partial charge in [0.1, 0.15) is 0 Å². The van der Waals surface area contributed by atoms with E-state index in [2.05, 4.69) is 5.32 Å². The minimum Gasteiger partial charge on any atom is -0.356 e. The van der Waals surface area contributed by atoms with Gasteiger partial charge in [-0.3, -0.25) is 4.79 Å². The molecule has 1 amide bonds. The molecule has 0 bridgehead atoms. The number of hydrogen-bond acceptors (Lipinski definition) is 3. The molecule has 112 valence electrons. The standard InChI is InChI=1S/C12H25N3O3S/c1-10(2)8-13-12(16)11-6-5-7-15(9-11)19(17,18)14(3)4/h10-11H,5-9H2,1-4H3,(H,13,16)/t11-/m1/s1. The second-order valence-electron chi connectivity index (χ2n) is 5.63. The van der Waals surface area contributed by atoms with E-state index in [1.807, 2.05) is 13.8 Å². The van der Waals surface area contributed by atoms with Gasteiger partial charge in [0, 0.05) is 33.7 Å². The lowest BCUT2D eigenvalue weighted by molar-refractivity contribution is -0.126. The summed E-state index contributed by atoms with van der Waals surface area (Å²) in [5.74, 6) is 0.128. The largest absolute Gasteiger partial charge is 0.356 e. The van der Waals surface area contributed by atoms with Crippen LogP contribution in [0.2, 0.25) is 0 Å². The zero-order chi connectivity index (χ0) is 14.6. The number of carbonyl (C=O) groups excluding carboxylic acids is 1. The Balaban J connectivity index is 2.62. The van der Waals surface area contributed by atoms with E-state index in [-0.39, 0.29) is 18.4 Å². The van der Waals surface area contributed by atoms with Crippen molar-refractivity contribution in [2.24, 2.45) is 11.8 Å². The Labute approximate surface area is 116 Å². The molecule has 1 saturated heterocycles.